The third-order valence-electron chi connectivity index (χ3n) is 29.4. The maximum Gasteiger partial charge on any atom is 0.227 e. The first-order valence-corrected chi connectivity index (χ1v) is 50.8. The molecule has 149 heavy (non-hydrogen) atoms. The fourth-order valence-corrected chi connectivity index (χ4v) is 22.7. The van der Waals surface area contributed by atoms with Crippen molar-refractivity contribution in [3.63, 3.8) is 0 Å². The highest BCUT2D eigenvalue weighted by molar-refractivity contribution is 6.15. The largest absolute Gasteiger partial charge is 0.435 e. The Morgan fingerprint density at radius 2 is 0.430 bits per heavy atom. The van der Waals surface area contributed by atoms with Crippen molar-refractivity contribution >= 4 is 214 Å². The number of benzene rings is 8. The molecular formula is C122H112N22O5. The first kappa shape index (κ1) is 93.5. The van der Waals surface area contributed by atoms with Crippen LogP contribution in [0.5, 0.6) is 0 Å². The molecular weight excluding hydrogens is 1850 g/mol. The second-order valence-electron chi connectivity index (χ2n) is 39.6. The smallest absolute Gasteiger partial charge is 0.227 e. The summed E-state index contributed by atoms with van der Waals surface area (Å²) in [4.78, 5) is 78.9. The monoisotopic (exact) mass is 1960 g/mol. The quantitative estimate of drug-likeness (QED) is 0.123. The van der Waals surface area contributed by atoms with Gasteiger partial charge in [0.05, 0.1) is 45.5 Å². The van der Waals surface area contributed by atoms with E-state index in [1.54, 1.807) is 24.8 Å². The number of pyridine rings is 8. The number of hydrogen-bond acceptors (Lipinski definition) is 27. The van der Waals surface area contributed by atoms with Gasteiger partial charge in [-0.05, 0) is 293 Å². The molecule has 740 valence electrons. The predicted molar refractivity (Wildman–Crippen MR) is 601 cm³/mol. The molecule has 0 N–H and O–H groups in total. The van der Waals surface area contributed by atoms with E-state index in [9.17, 15) is 0 Å². The van der Waals surface area contributed by atoms with Gasteiger partial charge in [0.15, 0.2) is 68.6 Å². The first-order valence-electron chi connectivity index (χ1n) is 50.8. The highest BCUT2D eigenvalue weighted by Crippen LogP contribution is 2.57. The molecule has 0 fully saturated rings. The van der Waals surface area contributed by atoms with Crippen LogP contribution in [0.4, 0.5) is 103 Å². The number of aryl methyl sites for hydroxylation is 10. The summed E-state index contributed by atoms with van der Waals surface area (Å²) in [6.07, 6.45) is 12.8. The van der Waals surface area contributed by atoms with Gasteiger partial charge in [-0.3, -0.25) is 14.7 Å². The maximum absolute atomic E-state index is 6.37. The molecule has 0 amide bonds. The van der Waals surface area contributed by atoms with E-state index >= 15 is 0 Å². The van der Waals surface area contributed by atoms with Crippen molar-refractivity contribution in [2.24, 2.45) is 0 Å². The molecule has 8 aromatic carbocycles. The lowest BCUT2D eigenvalue weighted by Crippen LogP contribution is -2.42. The van der Waals surface area contributed by atoms with Crippen LogP contribution < -0.4 is 49.0 Å². The highest BCUT2D eigenvalue weighted by Gasteiger charge is 2.46. The lowest BCUT2D eigenvalue weighted by atomic mass is 10.1. The van der Waals surface area contributed by atoms with Crippen LogP contribution >= 0.6 is 0 Å². The van der Waals surface area contributed by atoms with Crippen molar-refractivity contribution in [2.75, 3.05) is 49.0 Å². The molecule has 23 aromatic rings. The summed E-state index contributed by atoms with van der Waals surface area (Å²) in [5.41, 5.74) is 30.0. The van der Waals surface area contributed by atoms with Gasteiger partial charge in [-0.25, -0.2) is 59.8 Å². The van der Waals surface area contributed by atoms with Crippen molar-refractivity contribution in [3.05, 3.63) is 348 Å². The molecule has 0 spiro atoms. The van der Waals surface area contributed by atoms with Crippen LogP contribution in [0, 0.1) is 69.2 Å². The number of rotatable bonds is 10. The molecule has 15 aromatic heterocycles. The second kappa shape index (κ2) is 37.0. The summed E-state index contributed by atoms with van der Waals surface area (Å²) < 4.78 is 31.7. The van der Waals surface area contributed by atoms with Crippen LogP contribution in [-0.4, -0.2) is 103 Å². The Morgan fingerprint density at radius 3 is 0.779 bits per heavy atom. The number of nitrogens with zero attached hydrogens (tertiary/aromatic N) is 22. The molecule has 0 bridgehead atoms. The molecule has 5 atom stereocenters. The van der Waals surface area contributed by atoms with E-state index in [1.807, 2.05) is 132 Å². The van der Waals surface area contributed by atoms with Crippen LogP contribution in [-0.2, 0) is 0 Å². The van der Waals surface area contributed by atoms with Crippen molar-refractivity contribution in [2.45, 2.75) is 174 Å². The Balaban J connectivity index is 0.0000000994. The Morgan fingerprint density at radius 1 is 0.201 bits per heavy atom. The molecule has 27 heteroatoms. The van der Waals surface area contributed by atoms with E-state index in [2.05, 4.69) is 356 Å². The van der Waals surface area contributed by atoms with Gasteiger partial charge in [-0.15, -0.1) is 0 Å². The molecule has 0 aliphatic carbocycles. The lowest BCUT2D eigenvalue weighted by Gasteiger charge is -2.33. The van der Waals surface area contributed by atoms with Crippen molar-refractivity contribution < 1.29 is 22.1 Å². The number of furan rings is 5. The SMILES string of the molecule is Cc1ccc2c(n1)oc1c(N3c4cccnc4N(C(C)C)[C@@H]3C)c(C)ccc12.Cc1ccc2c(n1)oc1c(N3c4cccnc4N(c4ccccc4)[C@@H]3C)c(C)ccc12.Cc1ccc2c(n1)oc1c(N3c4ncccc4N(c4ccccc4)[C@@H]3C)c(C)ccc12.Cc1ccc2c(n1)oc1c(N3c4nccnc4N(C(C)C)[C@@H]3C)c(C)ccc12.Cc1ccc2c(n1)oc1c(N3c4nccnc4N(c4ccccc4)[C@@H]3C)c(C)ccc12. The Kier molecular flexibility index (Phi) is 23.2. The summed E-state index contributed by atoms with van der Waals surface area (Å²) in [5.74, 6) is 6.32. The molecule has 0 unspecified atom stereocenters. The molecule has 5 aliphatic rings. The van der Waals surface area contributed by atoms with Crippen molar-refractivity contribution in [1.82, 2.24) is 59.8 Å². The molecule has 28 rings (SSSR count). The first-order chi connectivity index (χ1) is 72.3. The third-order valence-corrected chi connectivity index (χ3v) is 29.4. The van der Waals surface area contributed by atoms with E-state index in [1.165, 1.54) is 5.56 Å². The third kappa shape index (κ3) is 15.5. The van der Waals surface area contributed by atoms with Gasteiger partial charge in [0.2, 0.25) is 28.6 Å². The van der Waals surface area contributed by atoms with Gasteiger partial charge in [0, 0.05) is 155 Å². The van der Waals surface area contributed by atoms with E-state index in [4.69, 9.17) is 42.0 Å². The number of aromatic nitrogens is 12. The van der Waals surface area contributed by atoms with Gasteiger partial charge >= 0.3 is 0 Å². The minimum absolute atomic E-state index is 0.0273. The van der Waals surface area contributed by atoms with E-state index < -0.39 is 0 Å². The van der Waals surface area contributed by atoms with Crippen LogP contribution in [0.25, 0.3) is 110 Å². The van der Waals surface area contributed by atoms with Gasteiger partial charge in [-0.1, -0.05) is 115 Å². The van der Waals surface area contributed by atoms with Gasteiger partial charge in [0.1, 0.15) is 30.8 Å². The molecule has 5 aliphatic heterocycles. The topological polar surface area (TPSA) is 253 Å². The average Bonchev–Trinajstić information content (AvgIpc) is 1.59. The summed E-state index contributed by atoms with van der Waals surface area (Å²) in [6, 6.07) is 86.2. The molecule has 0 saturated carbocycles. The standard InChI is InChI=1S/2C26H22N4O.C25H21N5O.C23H24N4O.C22H23N5O/c1-16-11-13-20-21-14-12-17(2)28-26(21)31-24(20)23(16)30-18(3)29(19-8-5-4-6-9-19)25-22(30)10-7-15-27-25;1-16-11-13-20-21-14-12-17(2)28-26(21)31-24(20)23(16)30-18(3)29(19-8-5-4-6-9-19)22-10-7-15-27-25(22)30;1-15-9-11-19-20-12-10-16(2)28-25(20)31-22(19)21(15)30-17(3)29(18-7-5-4-6-8-18)23-24(30)27-14-13-26-23;1-13(2)26-16(5)27(19-7-6-12-24-22(19)26)20-14(3)8-10-17-18-11-9-15(4)25-23(18)28-21(17)20;1-12(2)26-15(5)27(21-20(26)23-10-11-24-21)18-13(3)6-8-16-17-9-7-14(4)25-22(17)28-19(16)18/h2*4-15,18H,1-3H3;4-14,17H,1-3H3;6-13,16H,1-5H3;6-12,15H,1-5H3/t2*18-;17-;16-;15-/m00000/s1. The van der Waals surface area contributed by atoms with Gasteiger partial charge < -0.3 is 56.4 Å². The molecule has 27 nitrogen and oxygen atoms in total. The fourth-order valence-electron chi connectivity index (χ4n) is 22.7. The summed E-state index contributed by atoms with van der Waals surface area (Å²) >= 11 is 0. The molecule has 20 heterocycles. The second-order valence-corrected chi connectivity index (χ2v) is 39.6. The summed E-state index contributed by atoms with van der Waals surface area (Å²) in [5, 5.41) is 10.6. The zero-order valence-corrected chi connectivity index (χ0v) is 86.6. The average molecular weight is 1970 g/mol. The zero-order chi connectivity index (χ0) is 102. The lowest BCUT2D eigenvalue weighted by molar-refractivity contribution is 0.597. The van der Waals surface area contributed by atoms with Crippen molar-refractivity contribution in [1.29, 1.82) is 0 Å². The minimum atomic E-state index is -0.0352. The normalized spacial score (nSPS) is 16.1. The number of hydrogen-bond donors (Lipinski definition) is 0. The summed E-state index contributed by atoms with van der Waals surface area (Å²) in [6.45, 7) is 40.3. The van der Waals surface area contributed by atoms with Crippen LogP contribution in [0.2, 0.25) is 0 Å². The number of para-hydroxylation sites is 3. The van der Waals surface area contributed by atoms with Crippen LogP contribution in [0.1, 0.15) is 119 Å². The summed E-state index contributed by atoms with van der Waals surface area (Å²) in [7, 11) is 0. The van der Waals surface area contributed by atoms with Crippen LogP contribution in [0.15, 0.2) is 314 Å². The predicted octanol–water partition coefficient (Wildman–Crippen LogP) is 30.1. The number of fused-ring (bicyclic) bond motifs is 20. The van der Waals surface area contributed by atoms with E-state index in [-0.39, 0.29) is 30.8 Å². The highest BCUT2D eigenvalue weighted by atomic mass is 16.4. The Hall–Kier alpha value is -17.9. The molecule has 0 radical (unpaired) electrons. The maximum atomic E-state index is 6.37. The minimum Gasteiger partial charge on any atom is -0.435 e. The Bertz CT molecular complexity index is 8460. The zero-order valence-electron chi connectivity index (χ0n) is 86.6. The molecule has 0 saturated heterocycles. The van der Waals surface area contributed by atoms with E-state index in [0.29, 0.717) is 40.7 Å². The van der Waals surface area contributed by atoms with Crippen LogP contribution in [0.3, 0.4) is 0 Å². The van der Waals surface area contributed by atoms with Gasteiger partial charge in [0.25, 0.3) is 0 Å². The van der Waals surface area contributed by atoms with Gasteiger partial charge in [-0.2, -0.15) is 0 Å². The Labute approximate surface area is 862 Å². The van der Waals surface area contributed by atoms with Crippen molar-refractivity contribution in [3.8, 4) is 0 Å². The number of anilines is 18. The van der Waals surface area contributed by atoms with E-state index in [0.717, 1.165) is 236 Å². The fraction of sp³-hybridized carbons (Fsp3) is 0.213.